The van der Waals surface area contributed by atoms with Gasteiger partial charge in [-0.15, -0.1) is 0 Å². The molecule has 0 unspecified atom stereocenters. The number of likely N-dealkylation sites (tertiary alicyclic amines) is 1. The summed E-state index contributed by atoms with van der Waals surface area (Å²) >= 11 is 0. The first-order chi connectivity index (χ1) is 12.1. The maximum atomic E-state index is 12.8. The van der Waals surface area contributed by atoms with Gasteiger partial charge in [0.05, 0.1) is 18.3 Å². The van der Waals surface area contributed by atoms with E-state index in [4.69, 9.17) is 0 Å². The molecule has 130 valence electrons. The van der Waals surface area contributed by atoms with Gasteiger partial charge < -0.3 is 14.9 Å². The molecule has 2 aromatic rings. The summed E-state index contributed by atoms with van der Waals surface area (Å²) in [6, 6.07) is 8.24. The van der Waals surface area contributed by atoms with Crippen LogP contribution in [0.3, 0.4) is 0 Å². The second kappa shape index (κ2) is 6.23. The maximum Gasteiger partial charge on any atom is 0.254 e. The Morgan fingerprint density at radius 3 is 2.96 bits per heavy atom. The van der Waals surface area contributed by atoms with Gasteiger partial charge >= 0.3 is 0 Å². The molecule has 1 aromatic carbocycles. The predicted octanol–water partition coefficient (Wildman–Crippen LogP) is 1.41. The van der Waals surface area contributed by atoms with Crippen LogP contribution in [0.2, 0.25) is 0 Å². The number of nitrogens with zero attached hydrogens (tertiary/aromatic N) is 4. The van der Waals surface area contributed by atoms with Crippen molar-refractivity contribution in [2.75, 3.05) is 19.6 Å². The van der Waals surface area contributed by atoms with Crippen molar-refractivity contribution in [1.29, 1.82) is 0 Å². The minimum Gasteiger partial charge on any atom is -0.508 e. The normalized spacial score (nSPS) is 20.0. The van der Waals surface area contributed by atoms with Crippen LogP contribution in [0, 0.1) is 0 Å². The Balaban J connectivity index is 1.57. The lowest BCUT2D eigenvalue weighted by Crippen LogP contribution is -2.45. The smallest absolute Gasteiger partial charge is 0.254 e. The van der Waals surface area contributed by atoms with Gasteiger partial charge in [0.2, 0.25) is 5.91 Å². The Kier molecular flexibility index (Phi) is 3.91. The van der Waals surface area contributed by atoms with E-state index >= 15 is 0 Å². The molecule has 1 fully saturated rings. The number of aromatic nitrogens is 2. The van der Waals surface area contributed by atoms with E-state index in [-0.39, 0.29) is 23.6 Å². The number of fused-ring (bicyclic) bond motifs is 1. The van der Waals surface area contributed by atoms with Crippen molar-refractivity contribution in [3.05, 3.63) is 47.8 Å². The van der Waals surface area contributed by atoms with Crippen molar-refractivity contribution in [1.82, 2.24) is 19.6 Å². The molecule has 25 heavy (non-hydrogen) atoms. The lowest BCUT2D eigenvalue weighted by molar-refractivity contribution is -0.128. The molecule has 0 bridgehead atoms. The number of carbonyl (C=O) groups excluding carboxylic acids is 2. The molecule has 0 aliphatic carbocycles. The zero-order chi connectivity index (χ0) is 17.4. The summed E-state index contributed by atoms with van der Waals surface area (Å²) in [5.41, 5.74) is 1.42. The van der Waals surface area contributed by atoms with Gasteiger partial charge in [-0.25, -0.2) is 0 Å². The molecule has 1 N–H and O–H groups in total. The summed E-state index contributed by atoms with van der Waals surface area (Å²) in [5.74, 6) is 0.123. The highest BCUT2D eigenvalue weighted by Crippen LogP contribution is 2.25. The lowest BCUT2D eigenvalue weighted by atomic mass is 10.1. The van der Waals surface area contributed by atoms with Crippen LogP contribution in [0.5, 0.6) is 5.75 Å². The van der Waals surface area contributed by atoms with E-state index in [1.807, 2.05) is 15.6 Å². The summed E-state index contributed by atoms with van der Waals surface area (Å²) in [7, 11) is 0. The van der Waals surface area contributed by atoms with E-state index in [9.17, 15) is 14.7 Å². The Bertz CT molecular complexity index is 816. The molecule has 0 spiro atoms. The van der Waals surface area contributed by atoms with Crippen LogP contribution >= 0.6 is 0 Å². The van der Waals surface area contributed by atoms with Gasteiger partial charge in [0, 0.05) is 37.8 Å². The minimum absolute atomic E-state index is 0.0536. The summed E-state index contributed by atoms with van der Waals surface area (Å²) in [6.07, 6.45) is 3.23. The van der Waals surface area contributed by atoms with E-state index in [1.165, 1.54) is 6.07 Å². The molecule has 0 saturated carbocycles. The molecule has 1 aromatic heterocycles. The van der Waals surface area contributed by atoms with Gasteiger partial charge in [-0.3, -0.25) is 14.3 Å². The number of rotatable bonds is 3. The van der Waals surface area contributed by atoms with Crippen LogP contribution in [0.25, 0.3) is 0 Å². The van der Waals surface area contributed by atoms with Gasteiger partial charge in [-0.2, -0.15) is 5.10 Å². The number of phenols is 1. The van der Waals surface area contributed by atoms with E-state index in [0.29, 0.717) is 31.6 Å². The number of hydrogen-bond acceptors (Lipinski definition) is 4. The van der Waals surface area contributed by atoms with Gasteiger partial charge in [-0.1, -0.05) is 6.07 Å². The van der Waals surface area contributed by atoms with E-state index in [2.05, 4.69) is 5.10 Å². The number of benzene rings is 1. The summed E-state index contributed by atoms with van der Waals surface area (Å²) in [6.45, 7) is 2.30. The summed E-state index contributed by atoms with van der Waals surface area (Å²) < 4.78 is 1.93. The average Bonchev–Trinajstić information content (AvgIpc) is 3.23. The van der Waals surface area contributed by atoms with Crippen molar-refractivity contribution in [3.63, 3.8) is 0 Å². The Hall–Kier alpha value is -2.83. The molecule has 7 heteroatoms. The number of phenolic OH excluding ortho intramolecular Hbond substituents is 1. The average molecular weight is 340 g/mol. The molecule has 4 rings (SSSR count). The fraction of sp³-hybridized carbons (Fsp3) is 0.389. The third-order valence-corrected chi connectivity index (χ3v) is 4.86. The van der Waals surface area contributed by atoms with Crippen molar-refractivity contribution in [2.45, 2.75) is 25.4 Å². The molecule has 2 amide bonds. The largest absolute Gasteiger partial charge is 0.508 e. The third kappa shape index (κ3) is 2.97. The topological polar surface area (TPSA) is 78.7 Å². The summed E-state index contributed by atoms with van der Waals surface area (Å²) in [4.78, 5) is 28.4. The molecular formula is C18H20N4O3. The highest BCUT2D eigenvalue weighted by atomic mass is 16.3. The molecule has 1 atom stereocenters. The van der Waals surface area contributed by atoms with E-state index in [1.54, 1.807) is 29.3 Å². The zero-order valence-corrected chi connectivity index (χ0v) is 13.8. The number of amides is 2. The van der Waals surface area contributed by atoms with Gasteiger partial charge in [0.25, 0.3) is 5.91 Å². The highest BCUT2D eigenvalue weighted by Gasteiger charge is 2.32. The number of carbonyl (C=O) groups is 2. The molecule has 0 radical (unpaired) electrons. The monoisotopic (exact) mass is 340 g/mol. The van der Waals surface area contributed by atoms with Crippen molar-refractivity contribution < 1.29 is 14.7 Å². The quantitative estimate of drug-likeness (QED) is 0.916. The zero-order valence-electron chi connectivity index (χ0n) is 13.8. The highest BCUT2D eigenvalue weighted by molar-refractivity contribution is 5.94. The molecular weight excluding hydrogens is 320 g/mol. The van der Waals surface area contributed by atoms with Crippen LogP contribution in [0.15, 0.2) is 36.5 Å². The molecule has 2 aliphatic rings. The maximum absolute atomic E-state index is 12.8. The SMILES string of the molecule is O=C1CCCN1C[C@@H]1CN(C(=O)c2cccc(O)c2)Cc2ccnn21. The van der Waals surface area contributed by atoms with Gasteiger partial charge in [0.1, 0.15) is 5.75 Å². The summed E-state index contributed by atoms with van der Waals surface area (Å²) in [5, 5.41) is 14.0. The predicted molar refractivity (Wildman–Crippen MR) is 89.9 cm³/mol. The molecule has 1 saturated heterocycles. The van der Waals surface area contributed by atoms with Crippen molar-refractivity contribution in [3.8, 4) is 5.75 Å². The number of hydrogen-bond donors (Lipinski definition) is 1. The van der Waals surface area contributed by atoms with Crippen LogP contribution in [0.1, 0.15) is 34.9 Å². The number of aromatic hydroxyl groups is 1. The molecule has 3 heterocycles. The van der Waals surface area contributed by atoms with Crippen LogP contribution in [-0.2, 0) is 11.3 Å². The van der Waals surface area contributed by atoms with Crippen molar-refractivity contribution >= 4 is 11.8 Å². The second-order valence-corrected chi connectivity index (χ2v) is 6.60. The fourth-order valence-corrected chi connectivity index (χ4v) is 3.65. The van der Waals surface area contributed by atoms with Crippen LogP contribution in [-0.4, -0.2) is 56.1 Å². The van der Waals surface area contributed by atoms with Gasteiger partial charge in [0.15, 0.2) is 0 Å². The van der Waals surface area contributed by atoms with Crippen molar-refractivity contribution in [2.24, 2.45) is 0 Å². The van der Waals surface area contributed by atoms with Gasteiger partial charge in [-0.05, 0) is 30.7 Å². The Morgan fingerprint density at radius 1 is 1.32 bits per heavy atom. The van der Waals surface area contributed by atoms with Crippen LogP contribution in [0.4, 0.5) is 0 Å². The first kappa shape index (κ1) is 15.7. The third-order valence-electron chi connectivity index (χ3n) is 4.86. The van der Waals surface area contributed by atoms with Crippen LogP contribution < -0.4 is 0 Å². The Labute approximate surface area is 145 Å². The molecule has 7 nitrogen and oxygen atoms in total. The first-order valence-corrected chi connectivity index (χ1v) is 8.50. The Morgan fingerprint density at radius 2 is 2.20 bits per heavy atom. The molecule has 2 aliphatic heterocycles. The van der Waals surface area contributed by atoms with E-state index in [0.717, 1.165) is 18.7 Å². The van der Waals surface area contributed by atoms with E-state index < -0.39 is 0 Å². The second-order valence-electron chi connectivity index (χ2n) is 6.60. The first-order valence-electron chi connectivity index (χ1n) is 8.50. The minimum atomic E-state index is -0.124. The lowest BCUT2D eigenvalue weighted by Gasteiger charge is -2.35. The standard InChI is InChI=1S/C18H20N4O3/c23-16-4-1-3-13(9-16)18(25)21-10-14-6-7-19-22(14)15(12-21)11-20-8-2-5-17(20)24/h1,3-4,6-7,9,15,23H,2,5,8,10-12H2/t15-/m1/s1. The fourth-order valence-electron chi connectivity index (χ4n) is 3.65.